The summed E-state index contributed by atoms with van der Waals surface area (Å²) in [5.74, 6) is 0.0233. The van der Waals surface area contributed by atoms with Gasteiger partial charge >= 0.3 is 0 Å². The Bertz CT molecular complexity index is 452. The molecule has 0 saturated carbocycles. The number of nitrogens with zero attached hydrogens (tertiary/aromatic N) is 2. The molecule has 1 aromatic rings. The number of nitrogens with one attached hydrogen (secondary N) is 1. The summed E-state index contributed by atoms with van der Waals surface area (Å²) in [5.41, 5.74) is 5.74. The van der Waals surface area contributed by atoms with Gasteiger partial charge in [-0.3, -0.25) is 4.79 Å². The molecule has 1 saturated heterocycles. The minimum Gasteiger partial charge on any atom is -0.384 e. The van der Waals surface area contributed by atoms with Gasteiger partial charge in [0.15, 0.2) is 0 Å². The van der Waals surface area contributed by atoms with Crippen molar-refractivity contribution in [3.63, 3.8) is 0 Å². The molecule has 1 aromatic heterocycles. The standard InChI is InChI=1S/C12H17ClN4O/c1-17-6-2-3-8(17)7-15-12(18)11-9(13)4-5-10(14)16-11/h4-5,8H,2-3,6-7H2,1H3,(H2,14,16)(H,15,18). The van der Waals surface area contributed by atoms with Crippen LogP contribution in [-0.4, -0.2) is 42.0 Å². The van der Waals surface area contributed by atoms with E-state index in [1.807, 2.05) is 0 Å². The smallest absolute Gasteiger partial charge is 0.271 e. The van der Waals surface area contributed by atoms with Gasteiger partial charge in [-0.1, -0.05) is 11.6 Å². The zero-order chi connectivity index (χ0) is 13.1. The molecule has 2 heterocycles. The second kappa shape index (κ2) is 5.54. The van der Waals surface area contributed by atoms with E-state index in [2.05, 4.69) is 22.2 Å². The number of likely N-dealkylation sites (N-methyl/N-ethyl adjacent to an activating group) is 1. The summed E-state index contributed by atoms with van der Waals surface area (Å²) in [4.78, 5) is 18.2. The van der Waals surface area contributed by atoms with Crippen LogP contribution in [0.3, 0.4) is 0 Å². The first kappa shape index (κ1) is 13.1. The van der Waals surface area contributed by atoms with E-state index in [-0.39, 0.29) is 11.6 Å². The largest absolute Gasteiger partial charge is 0.384 e. The highest BCUT2D eigenvalue weighted by Gasteiger charge is 2.22. The van der Waals surface area contributed by atoms with E-state index in [4.69, 9.17) is 17.3 Å². The van der Waals surface area contributed by atoms with Gasteiger partial charge in [-0.25, -0.2) is 4.98 Å². The van der Waals surface area contributed by atoms with Crippen LogP contribution in [0.4, 0.5) is 5.82 Å². The summed E-state index contributed by atoms with van der Waals surface area (Å²) in [6.45, 7) is 1.69. The number of carbonyl (C=O) groups excluding carboxylic acids is 1. The summed E-state index contributed by atoms with van der Waals surface area (Å²) < 4.78 is 0. The summed E-state index contributed by atoms with van der Waals surface area (Å²) >= 11 is 5.93. The van der Waals surface area contributed by atoms with Crippen molar-refractivity contribution < 1.29 is 4.79 Å². The molecule has 98 valence electrons. The molecular weight excluding hydrogens is 252 g/mol. The summed E-state index contributed by atoms with van der Waals surface area (Å²) in [7, 11) is 2.07. The Morgan fingerprint density at radius 1 is 1.67 bits per heavy atom. The molecule has 0 radical (unpaired) electrons. The van der Waals surface area contributed by atoms with Crippen molar-refractivity contribution in [2.45, 2.75) is 18.9 Å². The Balaban J connectivity index is 1.97. The Kier molecular flexibility index (Phi) is 4.04. The number of pyridine rings is 1. The molecule has 5 nitrogen and oxygen atoms in total. The van der Waals surface area contributed by atoms with Crippen LogP contribution >= 0.6 is 11.6 Å². The summed E-state index contributed by atoms with van der Waals surface area (Å²) in [6, 6.07) is 3.55. The van der Waals surface area contributed by atoms with Gasteiger partial charge < -0.3 is 16.0 Å². The van der Waals surface area contributed by atoms with Gasteiger partial charge in [-0.15, -0.1) is 0 Å². The maximum atomic E-state index is 11.9. The molecule has 0 aromatic carbocycles. The minimum atomic E-state index is -0.271. The third-order valence-corrected chi connectivity index (χ3v) is 3.56. The quantitative estimate of drug-likeness (QED) is 0.862. The number of aromatic nitrogens is 1. The zero-order valence-electron chi connectivity index (χ0n) is 10.3. The first-order valence-corrected chi connectivity index (χ1v) is 6.36. The van der Waals surface area contributed by atoms with Gasteiger partial charge in [0.25, 0.3) is 5.91 Å². The summed E-state index contributed by atoms with van der Waals surface area (Å²) in [5, 5.41) is 3.18. The van der Waals surface area contributed by atoms with E-state index in [0.29, 0.717) is 23.4 Å². The van der Waals surface area contributed by atoms with E-state index in [1.54, 1.807) is 12.1 Å². The number of halogens is 1. The van der Waals surface area contributed by atoms with Gasteiger partial charge in [-0.2, -0.15) is 0 Å². The van der Waals surface area contributed by atoms with E-state index < -0.39 is 0 Å². The average molecular weight is 269 g/mol. The average Bonchev–Trinajstić information content (AvgIpc) is 2.75. The highest BCUT2D eigenvalue weighted by atomic mass is 35.5. The number of nitrogen functional groups attached to an aromatic ring is 1. The molecule has 3 N–H and O–H groups in total. The van der Waals surface area contributed by atoms with Crippen molar-refractivity contribution in [2.24, 2.45) is 0 Å². The third kappa shape index (κ3) is 2.91. The number of carbonyl (C=O) groups is 1. The lowest BCUT2D eigenvalue weighted by Crippen LogP contribution is -2.38. The third-order valence-electron chi connectivity index (χ3n) is 3.25. The highest BCUT2D eigenvalue weighted by Crippen LogP contribution is 2.16. The molecule has 0 bridgehead atoms. The van der Waals surface area contributed by atoms with Crippen LogP contribution in [0.2, 0.25) is 5.02 Å². The van der Waals surface area contributed by atoms with Gasteiger partial charge in [-0.05, 0) is 38.6 Å². The first-order valence-electron chi connectivity index (χ1n) is 5.98. The molecule has 1 atom stereocenters. The number of amides is 1. The van der Waals surface area contributed by atoms with Gasteiger partial charge in [0.05, 0.1) is 5.02 Å². The van der Waals surface area contributed by atoms with E-state index in [9.17, 15) is 4.79 Å². The van der Waals surface area contributed by atoms with Crippen LogP contribution in [0, 0.1) is 0 Å². The lowest BCUT2D eigenvalue weighted by Gasteiger charge is -2.19. The van der Waals surface area contributed by atoms with Crippen molar-refractivity contribution in [3.8, 4) is 0 Å². The number of anilines is 1. The van der Waals surface area contributed by atoms with Crippen LogP contribution in [0.25, 0.3) is 0 Å². The van der Waals surface area contributed by atoms with Gasteiger partial charge in [0.1, 0.15) is 11.5 Å². The minimum absolute atomic E-state index is 0.192. The van der Waals surface area contributed by atoms with Crippen molar-refractivity contribution in [1.29, 1.82) is 0 Å². The van der Waals surface area contributed by atoms with Crippen LogP contribution in [0.15, 0.2) is 12.1 Å². The number of hydrogen-bond acceptors (Lipinski definition) is 4. The fourth-order valence-corrected chi connectivity index (χ4v) is 2.34. The lowest BCUT2D eigenvalue weighted by molar-refractivity contribution is 0.0939. The summed E-state index contributed by atoms with van der Waals surface area (Å²) in [6.07, 6.45) is 2.28. The molecule has 1 unspecified atom stereocenters. The Morgan fingerprint density at radius 2 is 2.44 bits per heavy atom. The van der Waals surface area contributed by atoms with Crippen molar-refractivity contribution in [2.75, 3.05) is 25.9 Å². The Morgan fingerprint density at radius 3 is 3.11 bits per heavy atom. The topological polar surface area (TPSA) is 71.2 Å². The van der Waals surface area contributed by atoms with Crippen molar-refractivity contribution in [1.82, 2.24) is 15.2 Å². The molecule has 0 spiro atoms. The molecule has 0 aliphatic carbocycles. The van der Waals surface area contributed by atoms with Gasteiger partial charge in [0.2, 0.25) is 0 Å². The second-order valence-electron chi connectivity index (χ2n) is 4.55. The second-order valence-corrected chi connectivity index (χ2v) is 4.96. The predicted molar refractivity (Wildman–Crippen MR) is 71.6 cm³/mol. The zero-order valence-corrected chi connectivity index (χ0v) is 11.1. The normalized spacial score (nSPS) is 20.0. The molecule has 2 rings (SSSR count). The Hall–Kier alpha value is -1.33. The lowest BCUT2D eigenvalue weighted by atomic mass is 10.2. The Labute approximate surface area is 111 Å². The molecule has 18 heavy (non-hydrogen) atoms. The number of nitrogens with two attached hydrogens (primary N) is 1. The fourth-order valence-electron chi connectivity index (χ4n) is 2.15. The van der Waals surface area contributed by atoms with Crippen LogP contribution in [-0.2, 0) is 0 Å². The monoisotopic (exact) mass is 268 g/mol. The van der Waals surface area contributed by atoms with E-state index in [1.165, 1.54) is 6.42 Å². The highest BCUT2D eigenvalue weighted by molar-refractivity contribution is 6.33. The number of rotatable bonds is 3. The molecule has 6 heteroatoms. The van der Waals surface area contributed by atoms with E-state index in [0.717, 1.165) is 13.0 Å². The maximum Gasteiger partial charge on any atom is 0.271 e. The molecular formula is C12H17ClN4O. The molecule has 1 aliphatic heterocycles. The molecule has 1 fully saturated rings. The van der Waals surface area contributed by atoms with Crippen LogP contribution < -0.4 is 11.1 Å². The van der Waals surface area contributed by atoms with Crippen molar-refractivity contribution >= 4 is 23.3 Å². The maximum absolute atomic E-state index is 11.9. The number of hydrogen-bond donors (Lipinski definition) is 2. The fraction of sp³-hybridized carbons (Fsp3) is 0.500. The van der Waals surface area contributed by atoms with Crippen LogP contribution in [0.5, 0.6) is 0 Å². The molecule has 1 amide bonds. The number of likely N-dealkylation sites (tertiary alicyclic amines) is 1. The van der Waals surface area contributed by atoms with Crippen LogP contribution in [0.1, 0.15) is 23.3 Å². The predicted octanol–water partition coefficient (Wildman–Crippen LogP) is 1.14. The van der Waals surface area contributed by atoms with Crippen molar-refractivity contribution in [3.05, 3.63) is 22.8 Å². The van der Waals surface area contributed by atoms with E-state index >= 15 is 0 Å². The van der Waals surface area contributed by atoms with Gasteiger partial charge in [0, 0.05) is 12.6 Å². The SMILES string of the molecule is CN1CCCC1CNC(=O)c1nc(N)ccc1Cl. The first-order chi connectivity index (χ1) is 8.58. The molecule has 1 aliphatic rings.